The molecule has 0 aromatic heterocycles. The Labute approximate surface area is 106 Å². The fraction of sp³-hybridized carbons (Fsp3) is 0.0909. The average molecular weight is 274 g/mol. The molecule has 2 rings (SSSR count). The van der Waals surface area contributed by atoms with E-state index in [2.05, 4.69) is 0 Å². The minimum absolute atomic E-state index is 0.0537. The molecule has 0 aliphatic carbocycles. The third kappa shape index (κ3) is 2.18. The maximum absolute atomic E-state index is 12.9. The normalized spacial score (nSPS) is 16.1. The van der Waals surface area contributed by atoms with Crippen LogP contribution >= 0.6 is 23.2 Å². The lowest BCUT2D eigenvalue weighted by molar-refractivity contribution is -0.137. The number of imide groups is 1. The first-order valence-corrected chi connectivity index (χ1v) is 5.42. The highest BCUT2D eigenvalue weighted by molar-refractivity contribution is 6.58. The predicted molar refractivity (Wildman–Crippen MR) is 60.7 cm³/mol. The smallest absolute Gasteiger partial charge is 0.268 e. The van der Waals surface area contributed by atoms with E-state index in [9.17, 15) is 14.0 Å². The Balaban J connectivity index is 2.22. The van der Waals surface area contributed by atoms with E-state index >= 15 is 0 Å². The first-order valence-electron chi connectivity index (χ1n) is 4.66. The third-order valence-corrected chi connectivity index (χ3v) is 3.09. The molecule has 17 heavy (non-hydrogen) atoms. The average Bonchev–Trinajstić information content (AvgIpc) is 2.47. The van der Waals surface area contributed by atoms with Crippen molar-refractivity contribution in [2.75, 3.05) is 0 Å². The summed E-state index contributed by atoms with van der Waals surface area (Å²) >= 11 is 11.1. The quantitative estimate of drug-likeness (QED) is 0.776. The van der Waals surface area contributed by atoms with Crippen LogP contribution in [0.2, 0.25) is 0 Å². The van der Waals surface area contributed by atoms with Gasteiger partial charge in [0.2, 0.25) is 0 Å². The summed E-state index contributed by atoms with van der Waals surface area (Å²) in [6, 6.07) is 5.60. The summed E-state index contributed by atoms with van der Waals surface area (Å²) < 4.78 is 12.9. The number of carbonyl (C=O) groups is 2. The molecule has 0 saturated carbocycles. The molecule has 1 aliphatic heterocycles. The summed E-state index contributed by atoms with van der Waals surface area (Å²) in [5.41, 5.74) is 0.488. The Hall–Kier alpha value is -1.39. The van der Waals surface area contributed by atoms with Crippen molar-refractivity contribution in [2.24, 2.45) is 0 Å². The molecule has 1 heterocycles. The zero-order valence-electron chi connectivity index (χ0n) is 8.41. The van der Waals surface area contributed by atoms with Crippen molar-refractivity contribution in [3.8, 4) is 0 Å². The Morgan fingerprint density at radius 2 is 1.71 bits per heavy atom. The molecule has 0 unspecified atom stereocenters. The summed E-state index contributed by atoms with van der Waals surface area (Å²) in [4.78, 5) is 24.0. The Kier molecular flexibility index (Phi) is 3.17. The molecular formula is C11H6Cl2FNO2. The van der Waals surface area contributed by atoms with Crippen LogP contribution in [0.4, 0.5) is 4.39 Å². The molecule has 0 radical (unpaired) electrons. The van der Waals surface area contributed by atoms with Crippen LogP contribution in [0, 0.1) is 5.82 Å². The number of nitrogens with zero attached hydrogens (tertiary/aromatic N) is 1. The van der Waals surface area contributed by atoms with E-state index in [0.29, 0.717) is 5.56 Å². The van der Waals surface area contributed by atoms with E-state index in [1.807, 2.05) is 0 Å². The third-order valence-electron chi connectivity index (χ3n) is 2.29. The van der Waals surface area contributed by atoms with Gasteiger partial charge < -0.3 is 0 Å². The molecule has 0 spiro atoms. The van der Waals surface area contributed by atoms with Crippen molar-refractivity contribution in [1.29, 1.82) is 0 Å². The lowest BCUT2D eigenvalue weighted by atomic mass is 10.2. The van der Waals surface area contributed by atoms with Crippen LogP contribution in [0.25, 0.3) is 0 Å². The van der Waals surface area contributed by atoms with Crippen molar-refractivity contribution >= 4 is 35.0 Å². The van der Waals surface area contributed by atoms with Crippen molar-refractivity contribution < 1.29 is 14.0 Å². The number of benzene rings is 1. The molecule has 6 heteroatoms. The van der Waals surface area contributed by atoms with Crippen LogP contribution in [-0.2, 0) is 16.1 Å². The largest absolute Gasteiger partial charge is 0.274 e. The standard InChI is InChI=1S/C11H6Cl2FNO2/c12-8-9(13)11(17)15(10(8)16)5-6-2-1-3-7(14)4-6/h1-4H,5H2. The second-order valence-corrected chi connectivity index (χ2v) is 4.21. The second-order valence-electron chi connectivity index (χ2n) is 3.45. The van der Waals surface area contributed by atoms with E-state index in [0.717, 1.165) is 4.90 Å². The number of carbonyl (C=O) groups excluding carboxylic acids is 2. The van der Waals surface area contributed by atoms with E-state index in [1.165, 1.54) is 18.2 Å². The molecule has 0 atom stereocenters. The molecule has 1 aliphatic rings. The van der Waals surface area contributed by atoms with Crippen molar-refractivity contribution in [3.63, 3.8) is 0 Å². The maximum Gasteiger partial charge on any atom is 0.274 e. The van der Waals surface area contributed by atoms with Gasteiger partial charge in [0, 0.05) is 0 Å². The lowest BCUT2D eigenvalue weighted by Gasteiger charge is -2.13. The van der Waals surface area contributed by atoms with Gasteiger partial charge in [0.05, 0.1) is 6.54 Å². The van der Waals surface area contributed by atoms with E-state index in [4.69, 9.17) is 23.2 Å². The van der Waals surface area contributed by atoms with E-state index < -0.39 is 17.6 Å². The van der Waals surface area contributed by atoms with Crippen molar-refractivity contribution in [1.82, 2.24) is 4.90 Å². The summed E-state index contributed by atoms with van der Waals surface area (Å²) in [7, 11) is 0. The highest BCUT2D eigenvalue weighted by atomic mass is 35.5. The molecule has 2 amide bonds. The van der Waals surface area contributed by atoms with Crippen LogP contribution in [-0.4, -0.2) is 16.7 Å². The van der Waals surface area contributed by atoms with Gasteiger partial charge in [0.1, 0.15) is 15.9 Å². The van der Waals surface area contributed by atoms with Gasteiger partial charge in [-0.3, -0.25) is 14.5 Å². The van der Waals surface area contributed by atoms with Crippen molar-refractivity contribution in [3.05, 3.63) is 45.7 Å². The lowest BCUT2D eigenvalue weighted by Crippen LogP contribution is -2.30. The van der Waals surface area contributed by atoms with Crippen LogP contribution < -0.4 is 0 Å². The summed E-state index contributed by atoms with van der Waals surface area (Å²) in [5, 5.41) is -0.596. The predicted octanol–water partition coefficient (Wildman–Crippen LogP) is 2.38. The van der Waals surface area contributed by atoms with Crippen LogP contribution in [0.15, 0.2) is 34.3 Å². The molecule has 1 aromatic carbocycles. The fourth-order valence-electron chi connectivity index (χ4n) is 1.48. The first-order chi connectivity index (χ1) is 8.00. The van der Waals surface area contributed by atoms with Gasteiger partial charge in [-0.1, -0.05) is 35.3 Å². The molecule has 0 saturated heterocycles. The highest BCUT2D eigenvalue weighted by Crippen LogP contribution is 2.27. The maximum atomic E-state index is 12.9. The Morgan fingerprint density at radius 1 is 1.12 bits per heavy atom. The minimum Gasteiger partial charge on any atom is -0.268 e. The molecule has 88 valence electrons. The van der Waals surface area contributed by atoms with Crippen LogP contribution in [0.3, 0.4) is 0 Å². The summed E-state index contributed by atoms with van der Waals surface area (Å²) in [5.74, 6) is -1.76. The molecule has 0 fully saturated rings. The zero-order valence-corrected chi connectivity index (χ0v) is 9.93. The molecular weight excluding hydrogens is 268 g/mol. The van der Waals surface area contributed by atoms with Crippen molar-refractivity contribution in [2.45, 2.75) is 6.54 Å². The molecule has 3 nitrogen and oxygen atoms in total. The second kappa shape index (κ2) is 4.47. The highest BCUT2D eigenvalue weighted by Gasteiger charge is 2.36. The Bertz CT molecular complexity index is 518. The number of halogens is 3. The van der Waals surface area contributed by atoms with Gasteiger partial charge in [0.25, 0.3) is 11.8 Å². The van der Waals surface area contributed by atoms with Gasteiger partial charge in [-0.2, -0.15) is 0 Å². The topological polar surface area (TPSA) is 37.4 Å². The SMILES string of the molecule is O=C1C(Cl)=C(Cl)C(=O)N1Cc1cccc(F)c1. The van der Waals surface area contributed by atoms with E-state index in [-0.39, 0.29) is 16.6 Å². The van der Waals surface area contributed by atoms with Gasteiger partial charge in [-0.15, -0.1) is 0 Å². The van der Waals surface area contributed by atoms with Gasteiger partial charge in [-0.05, 0) is 17.7 Å². The van der Waals surface area contributed by atoms with E-state index in [1.54, 1.807) is 6.07 Å². The fourth-order valence-corrected chi connectivity index (χ4v) is 1.84. The van der Waals surface area contributed by atoms with Gasteiger partial charge in [-0.25, -0.2) is 4.39 Å². The monoisotopic (exact) mass is 273 g/mol. The summed E-state index contributed by atoms with van der Waals surface area (Å²) in [6.07, 6.45) is 0. The molecule has 0 N–H and O–H groups in total. The number of amides is 2. The Morgan fingerprint density at radius 3 is 2.24 bits per heavy atom. The van der Waals surface area contributed by atoms with Gasteiger partial charge in [0.15, 0.2) is 0 Å². The zero-order chi connectivity index (χ0) is 12.6. The van der Waals surface area contributed by atoms with Gasteiger partial charge >= 0.3 is 0 Å². The minimum atomic E-state index is -0.661. The molecule has 1 aromatic rings. The summed E-state index contributed by atoms with van der Waals surface area (Å²) in [6.45, 7) is -0.0537. The molecule has 0 bridgehead atoms. The number of rotatable bonds is 2. The van der Waals surface area contributed by atoms with Crippen LogP contribution in [0.5, 0.6) is 0 Å². The van der Waals surface area contributed by atoms with Crippen LogP contribution in [0.1, 0.15) is 5.56 Å². The first kappa shape index (κ1) is 12.1. The number of hydrogen-bond donors (Lipinski definition) is 0. The number of hydrogen-bond acceptors (Lipinski definition) is 2.